The molecule has 0 aliphatic heterocycles. The van der Waals surface area contributed by atoms with E-state index >= 15 is 0 Å². The molecular weight excluding hydrogens is 250 g/mol. The van der Waals surface area contributed by atoms with E-state index in [9.17, 15) is 4.79 Å². The molecule has 0 radical (unpaired) electrons. The van der Waals surface area contributed by atoms with Gasteiger partial charge in [-0.2, -0.15) is 5.10 Å². The molecule has 0 aliphatic rings. The Kier molecular flexibility index (Phi) is 3.66. The number of nitrogens with one attached hydrogen (secondary N) is 2. The summed E-state index contributed by atoms with van der Waals surface area (Å²) in [7, 11) is 0. The minimum atomic E-state index is -0.0943. The maximum atomic E-state index is 12.5. The van der Waals surface area contributed by atoms with Gasteiger partial charge in [-0.25, -0.2) is 0 Å². The number of benzene rings is 1. The summed E-state index contributed by atoms with van der Waals surface area (Å²) in [4.78, 5) is 12.5. The van der Waals surface area contributed by atoms with Crippen LogP contribution in [0.2, 0.25) is 0 Å². The number of hydrogen-bond donors (Lipinski definition) is 2. The molecule has 1 amide bonds. The van der Waals surface area contributed by atoms with Gasteiger partial charge in [0.2, 0.25) is 0 Å². The monoisotopic (exact) mass is 271 g/mol. The Balaban J connectivity index is 2.36. The molecule has 4 nitrogen and oxygen atoms in total. The molecule has 0 saturated heterocycles. The Morgan fingerprint density at radius 3 is 2.40 bits per heavy atom. The Labute approximate surface area is 119 Å². The van der Waals surface area contributed by atoms with Crippen molar-refractivity contribution in [2.75, 3.05) is 5.32 Å². The molecule has 106 valence electrons. The van der Waals surface area contributed by atoms with E-state index in [0.717, 1.165) is 22.6 Å². The van der Waals surface area contributed by atoms with Gasteiger partial charge in [-0.3, -0.25) is 9.89 Å². The van der Waals surface area contributed by atoms with E-state index in [1.54, 1.807) is 0 Å². The Morgan fingerprint density at radius 1 is 1.20 bits per heavy atom. The van der Waals surface area contributed by atoms with Gasteiger partial charge < -0.3 is 5.32 Å². The molecule has 1 aromatic carbocycles. The van der Waals surface area contributed by atoms with E-state index < -0.39 is 0 Å². The molecule has 0 aliphatic carbocycles. The van der Waals surface area contributed by atoms with Crippen molar-refractivity contribution in [3.63, 3.8) is 0 Å². The van der Waals surface area contributed by atoms with E-state index in [2.05, 4.69) is 36.3 Å². The summed E-state index contributed by atoms with van der Waals surface area (Å²) in [6.45, 7) is 10.1. The van der Waals surface area contributed by atoms with Gasteiger partial charge in [-0.05, 0) is 30.9 Å². The van der Waals surface area contributed by atoms with Crippen LogP contribution in [-0.4, -0.2) is 16.1 Å². The van der Waals surface area contributed by atoms with Crippen LogP contribution in [0.5, 0.6) is 0 Å². The lowest BCUT2D eigenvalue weighted by Gasteiger charge is -2.22. The lowest BCUT2D eigenvalue weighted by Crippen LogP contribution is -2.21. The number of anilines is 1. The fourth-order valence-corrected chi connectivity index (χ4v) is 2.25. The van der Waals surface area contributed by atoms with Crippen LogP contribution in [0, 0.1) is 13.8 Å². The van der Waals surface area contributed by atoms with E-state index in [-0.39, 0.29) is 11.3 Å². The highest BCUT2D eigenvalue weighted by Gasteiger charge is 2.22. The first-order chi connectivity index (χ1) is 9.30. The number of hydrogen-bond acceptors (Lipinski definition) is 2. The van der Waals surface area contributed by atoms with Crippen LogP contribution in [0.4, 0.5) is 5.69 Å². The lowest BCUT2D eigenvalue weighted by molar-refractivity contribution is 0.102. The first kappa shape index (κ1) is 14.3. The molecule has 0 saturated carbocycles. The molecule has 1 aromatic heterocycles. The number of aromatic amines is 1. The summed E-state index contributed by atoms with van der Waals surface area (Å²) in [6.07, 6.45) is 0. The van der Waals surface area contributed by atoms with Crippen LogP contribution in [0.25, 0.3) is 0 Å². The molecule has 0 spiro atoms. The number of amides is 1. The number of aryl methyl sites for hydroxylation is 2. The number of carbonyl (C=O) groups excluding carboxylic acids is 1. The minimum Gasteiger partial charge on any atom is -0.319 e. The minimum absolute atomic E-state index is 0.0750. The Bertz CT molecular complexity index is 616. The fourth-order valence-electron chi connectivity index (χ4n) is 2.25. The second kappa shape index (κ2) is 5.12. The van der Waals surface area contributed by atoms with Crippen molar-refractivity contribution in [1.82, 2.24) is 10.2 Å². The van der Waals surface area contributed by atoms with Crippen molar-refractivity contribution in [2.24, 2.45) is 0 Å². The van der Waals surface area contributed by atoms with Crippen LogP contribution < -0.4 is 5.32 Å². The average molecular weight is 271 g/mol. The summed E-state index contributed by atoms with van der Waals surface area (Å²) in [5.74, 6) is -0.0943. The summed E-state index contributed by atoms with van der Waals surface area (Å²) in [6, 6.07) is 7.72. The van der Waals surface area contributed by atoms with Crippen molar-refractivity contribution >= 4 is 11.6 Å². The number of nitrogens with zero attached hydrogens (tertiary/aromatic N) is 1. The van der Waals surface area contributed by atoms with E-state index in [1.165, 1.54) is 0 Å². The van der Waals surface area contributed by atoms with Gasteiger partial charge in [0.1, 0.15) is 0 Å². The van der Waals surface area contributed by atoms with Crippen LogP contribution in [0.1, 0.15) is 48.1 Å². The molecule has 1 heterocycles. The molecule has 0 bridgehead atoms. The zero-order chi connectivity index (χ0) is 14.9. The first-order valence-electron chi connectivity index (χ1n) is 6.73. The third-order valence-electron chi connectivity index (χ3n) is 3.35. The van der Waals surface area contributed by atoms with Gasteiger partial charge in [-0.15, -0.1) is 0 Å². The van der Waals surface area contributed by atoms with Gasteiger partial charge in [-0.1, -0.05) is 39.0 Å². The van der Waals surface area contributed by atoms with E-state index in [4.69, 9.17) is 0 Å². The molecule has 2 N–H and O–H groups in total. The number of aromatic nitrogens is 2. The summed E-state index contributed by atoms with van der Waals surface area (Å²) < 4.78 is 0. The van der Waals surface area contributed by atoms with Crippen LogP contribution in [-0.2, 0) is 5.41 Å². The topological polar surface area (TPSA) is 57.8 Å². The van der Waals surface area contributed by atoms with Gasteiger partial charge in [0.05, 0.1) is 17.1 Å². The molecule has 2 rings (SSSR count). The number of carbonyl (C=O) groups is 1. The van der Waals surface area contributed by atoms with Gasteiger partial charge >= 0.3 is 0 Å². The largest absolute Gasteiger partial charge is 0.319 e. The van der Waals surface area contributed by atoms with Crippen LogP contribution in [0.15, 0.2) is 24.3 Å². The Hall–Kier alpha value is -2.10. The van der Waals surface area contributed by atoms with Gasteiger partial charge in [0.15, 0.2) is 0 Å². The molecule has 2 aromatic rings. The molecule has 4 heteroatoms. The molecule has 0 fully saturated rings. The normalized spacial score (nSPS) is 11.4. The molecule has 20 heavy (non-hydrogen) atoms. The standard InChI is InChI=1S/C16H21N3O/c1-10-14(11(2)19-18-10)17-15(20)12-8-6-7-9-13(12)16(3,4)5/h6-9H,1-5H3,(H,17,20)(H,18,19). The third kappa shape index (κ3) is 2.74. The highest BCUT2D eigenvalue weighted by Crippen LogP contribution is 2.27. The first-order valence-corrected chi connectivity index (χ1v) is 6.73. The summed E-state index contributed by atoms with van der Waals surface area (Å²) >= 11 is 0. The van der Waals surface area contributed by atoms with Crippen LogP contribution >= 0.6 is 0 Å². The second-order valence-corrected chi connectivity index (χ2v) is 6.06. The van der Waals surface area contributed by atoms with Crippen molar-refractivity contribution in [2.45, 2.75) is 40.0 Å². The zero-order valence-electron chi connectivity index (χ0n) is 12.7. The smallest absolute Gasteiger partial charge is 0.256 e. The van der Waals surface area contributed by atoms with Crippen molar-refractivity contribution in [3.8, 4) is 0 Å². The van der Waals surface area contributed by atoms with E-state index in [0.29, 0.717) is 5.56 Å². The average Bonchev–Trinajstić information content (AvgIpc) is 2.69. The number of H-pyrrole nitrogens is 1. The second-order valence-electron chi connectivity index (χ2n) is 6.06. The maximum Gasteiger partial charge on any atom is 0.256 e. The summed E-state index contributed by atoms with van der Waals surface area (Å²) in [5.41, 5.74) is 4.09. The van der Waals surface area contributed by atoms with Gasteiger partial charge in [0, 0.05) is 5.56 Å². The van der Waals surface area contributed by atoms with Crippen molar-refractivity contribution < 1.29 is 4.79 Å². The number of rotatable bonds is 2. The van der Waals surface area contributed by atoms with Gasteiger partial charge in [0.25, 0.3) is 5.91 Å². The SMILES string of the molecule is Cc1n[nH]c(C)c1NC(=O)c1ccccc1C(C)(C)C. The van der Waals surface area contributed by atoms with E-state index in [1.807, 2.05) is 38.1 Å². The molecule has 0 unspecified atom stereocenters. The third-order valence-corrected chi connectivity index (χ3v) is 3.35. The zero-order valence-corrected chi connectivity index (χ0v) is 12.7. The lowest BCUT2D eigenvalue weighted by atomic mass is 9.83. The predicted octanol–water partition coefficient (Wildman–Crippen LogP) is 3.58. The molecule has 0 atom stereocenters. The maximum absolute atomic E-state index is 12.5. The van der Waals surface area contributed by atoms with Crippen molar-refractivity contribution in [1.29, 1.82) is 0 Å². The Morgan fingerprint density at radius 2 is 1.85 bits per heavy atom. The highest BCUT2D eigenvalue weighted by atomic mass is 16.1. The van der Waals surface area contributed by atoms with Crippen molar-refractivity contribution in [3.05, 3.63) is 46.8 Å². The quantitative estimate of drug-likeness (QED) is 0.877. The molecular formula is C16H21N3O. The highest BCUT2D eigenvalue weighted by molar-refractivity contribution is 6.06. The fraction of sp³-hybridized carbons (Fsp3) is 0.375. The predicted molar refractivity (Wildman–Crippen MR) is 81.2 cm³/mol. The van der Waals surface area contributed by atoms with Crippen LogP contribution in [0.3, 0.4) is 0 Å². The summed E-state index contributed by atoms with van der Waals surface area (Å²) in [5, 5.41) is 9.92.